The average molecular weight is 308 g/mol. The first-order chi connectivity index (χ1) is 10.7. The Hall–Kier alpha value is -2.08. The fourth-order valence-corrected chi connectivity index (χ4v) is 1.87. The zero-order valence-electron chi connectivity index (χ0n) is 13.2. The van der Waals surface area contributed by atoms with Crippen molar-refractivity contribution in [3.63, 3.8) is 0 Å². The summed E-state index contributed by atoms with van der Waals surface area (Å²) in [6, 6.07) is 9.60. The maximum Gasteiger partial charge on any atom is 0.413 e. The van der Waals surface area contributed by atoms with Crippen LogP contribution in [0.1, 0.15) is 20.3 Å². The number of amides is 2. The molecule has 1 rings (SSSR count). The summed E-state index contributed by atoms with van der Waals surface area (Å²) in [5.41, 5.74) is 0. The first-order valence-corrected chi connectivity index (χ1v) is 7.52. The lowest BCUT2D eigenvalue weighted by Gasteiger charge is -2.19. The quantitative estimate of drug-likeness (QED) is 0.707. The van der Waals surface area contributed by atoms with Crippen molar-refractivity contribution in [1.82, 2.24) is 10.2 Å². The summed E-state index contributed by atoms with van der Waals surface area (Å²) >= 11 is 0. The summed E-state index contributed by atoms with van der Waals surface area (Å²) in [6.45, 7) is 6.10. The topological polar surface area (TPSA) is 67.9 Å². The van der Waals surface area contributed by atoms with Gasteiger partial charge in [-0.1, -0.05) is 25.1 Å². The standard InChI is InChI=1S/C16H24N2O4/c1-3-18(13-15(19)17-16(20)21-4-2)11-8-12-22-14-9-6-5-7-10-14/h5-7,9-10H,3-4,8,11-13H2,1-2H3,(H,17,19,20). The van der Waals surface area contributed by atoms with E-state index in [1.54, 1.807) is 6.92 Å². The van der Waals surface area contributed by atoms with Crippen LogP contribution in [-0.4, -0.2) is 49.7 Å². The number of hydrogen-bond acceptors (Lipinski definition) is 5. The third-order valence-electron chi connectivity index (χ3n) is 2.96. The van der Waals surface area contributed by atoms with Crippen LogP contribution in [0.5, 0.6) is 5.75 Å². The maximum atomic E-state index is 11.7. The van der Waals surface area contributed by atoms with Gasteiger partial charge >= 0.3 is 6.09 Å². The molecule has 0 saturated heterocycles. The van der Waals surface area contributed by atoms with Crippen LogP contribution in [0.15, 0.2) is 30.3 Å². The van der Waals surface area contributed by atoms with Crippen LogP contribution in [0.25, 0.3) is 0 Å². The van der Waals surface area contributed by atoms with Crippen molar-refractivity contribution in [2.24, 2.45) is 0 Å². The Bertz CT molecular complexity index is 451. The Balaban J connectivity index is 2.21. The summed E-state index contributed by atoms with van der Waals surface area (Å²) in [7, 11) is 0. The van der Waals surface area contributed by atoms with Crippen LogP contribution < -0.4 is 10.1 Å². The van der Waals surface area contributed by atoms with Crippen molar-refractivity contribution in [2.75, 3.05) is 32.8 Å². The van der Waals surface area contributed by atoms with Crippen LogP contribution in [-0.2, 0) is 9.53 Å². The molecule has 122 valence electrons. The van der Waals surface area contributed by atoms with Gasteiger partial charge in [-0.2, -0.15) is 0 Å². The Kier molecular flexibility index (Phi) is 8.67. The van der Waals surface area contributed by atoms with Gasteiger partial charge in [0.05, 0.1) is 19.8 Å². The molecule has 0 aromatic heterocycles. The molecule has 0 aliphatic heterocycles. The number of nitrogens with one attached hydrogen (secondary N) is 1. The molecule has 0 saturated carbocycles. The highest BCUT2D eigenvalue weighted by molar-refractivity contribution is 5.92. The van der Waals surface area contributed by atoms with Gasteiger partial charge in [0.25, 0.3) is 0 Å². The largest absolute Gasteiger partial charge is 0.494 e. The molecule has 0 unspecified atom stereocenters. The summed E-state index contributed by atoms with van der Waals surface area (Å²) < 4.78 is 10.3. The van der Waals surface area contributed by atoms with Crippen LogP contribution in [0, 0.1) is 0 Å². The summed E-state index contributed by atoms with van der Waals surface area (Å²) in [6.07, 6.45) is 0.103. The lowest BCUT2D eigenvalue weighted by molar-refractivity contribution is -0.121. The fraction of sp³-hybridized carbons (Fsp3) is 0.500. The van der Waals surface area contributed by atoms with E-state index in [0.29, 0.717) is 6.61 Å². The number of imide groups is 1. The van der Waals surface area contributed by atoms with Crippen molar-refractivity contribution in [1.29, 1.82) is 0 Å². The third kappa shape index (κ3) is 7.64. The van der Waals surface area contributed by atoms with E-state index in [1.807, 2.05) is 42.2 Å². The van der Waals surface area contributed by atoms with E-state index in [2.05, 4.69) is 10.1 Å². The maximum absolute atomic E-state index is 11.7. The molecule has 22 heavy (non-hydrogen) atoms. The van der Waals surface area contributed by atoms with Crippen LogP contribution in [0.3, 0.4) is 0 Å². The van der Waals surface area contributed by atoms with E-state index in [0.717, 1.165) is 25.3 Å². The molecule has 1 aromatic carbocycles. The first-order valence-electron chi connectivity index (χ1n) is 7.52. The molecular weight excluding hydrogens is 284 g/mol. The molecule has 6 nitrogen and oxygen atoms in total. The minimum Gasteiger partial charge on any atom is -0.494 e. The number of rotatable bonds is 9. The molecular formula is C16H24N2O4. The van der Waals surface area contributed by atoms with E-state index >= 15 is 0 Å². The second-order valence-corrected chi connectivity index (χ2v) is 4.65. The molecule has 0 bridgehead atoms. The van der Waals surface area contributed by atoms with Crippen LogP contribution >= 0.6 is 0 Å². The Morgan fingerprint density at radius 1 is 1.18 bits per heavy atom. The number of benzene rings is 1. The lowest BCUT2D eigenvalue weighted by atomic mass is 10.3. The number of hydrogen-bond donors (Lipinski definition) is 1. The molecule has 6 heteroatoms. The normalized spacial score (nSPS) is 10.3. The number of carbonyl (C=O) groups is 2. The van der Waals surface area contributed by atoms with Gasteiger partial charge in [-0.15, -0.1) is 0 Å². The van der Waals surface area contributed by atoms with E-state index in [4.69, 9.17) is 4.74 Å². The zero-order chi connectivity index (χ0) is 16.2. The van der Waals surface area contributed by atoms with Gasteiger partial charge in [-0.3, -0.25) is 15.0 Å². The Labute approximate surface area is 131 Å². The molecule has 0 atom stereocenters. The Morgan fingerprint density at radius 2 is 1.91 bits per heavy atom. The van der Waals surface area contributed by atoms with E-state index in [1.165, 1.54) is 0 Å². The third-order valence-corrected chi connectivity index (χ3v) is 2.96. The van der Waals surface area contributed by atoms with Crippen molar-refractivity contribution < 1.29 is 19.1 Å². The molecule has 0 fully saturated rings. The number of para-hydroxylation sites is 1. The van der Waals surface area contributed by atoms with Crippen molar-refractivity contribution in [3.05, 3.63) is 30.3 Å². The predicted molar refractivity (Wildman–Crippen MR) is 83.8 cm³/mol. The number of likely N-dealkylation sites (N-methyl/N-ethyl adjacent to an activating group) is 1. The summed E-state index contributed by atoms with van der Waals surface area (Å²) in [4.78, 5) is 24.8. The average Bonchev–Trinajstić information content (AvgIpc) is 2.51. The smallest absolute Gasteiger partial charge is 0.413 e. The predicted octanol–water partition coefficient (Wildman–Crippen LogP) is 2.05. The molecule has 0 radical (unpaired) electrons. The van der Waals surface area contributed by atoms with E-state index < -0.39 is 6.09 Å². The number of ether oxygens (including phenoxy) is 2. The van der Waals surface area contributed by atoms with Crippen LogP contribution in [0.2, 0.25) is 0 Å². The SMILES string of the molecule is CCOC(=O)NC(=O)CN(CC)CCCOc1ccccc1. The highest BCUT2D eigenvalue weighted by Crippen LogP contribution is 2.08. The lowest BCUT2D eigenvalue weighted by Crippen LogP contribution is -2.40. The summed E-state index contributed by atoms with van der Waals surface area (Å²) in [5, 5.41) is 2.19. The van der Waals surface area contributed by atoms with Gasteiger partial charge < -0.3 is 9.47 Å². The van der Waals surface area contributed by atoms with Gasteiger partial charge in [0.1, 0.15) is 5.75 Å². The molecule has 2 amide bonds. The second kappa shape index (κ2) is 10.6. The monoisotopic (exact) mass is 308 g/mol. The van der Waals surface area contributed by atoms with Gasteiger partial charge in [0.2, 0.25) is 5.91 Å². The fourth-order valence-electron chi connectivity index (χ4n) is 1.87. The van der Waals surface area contributed by atoms with Gasteiger partial charge in [0.15, 0.2) is 0 Å². The molecule has 0 spiro atoms. The zero-order valence-corrected chi connectivity index (χ0v) is 13.2. The molecule has 0 aliphatic carbocycles. The first kappa shape index (κ1) is 18.0. The van der Waals surface area contributed by atoms with Crippen molar-refractivity contribution in [3.8, 4) is 5.75 Å². The highest BCUT2D eigenvalue weighted by Gasteiger charge is 2.12. The van der Waals surface area contributed by atoms with Gasteiger partial charge in [-0.05, 0) is 32.0 Å². The molecule has 0 heterocycles. The number of nitrogens with zero attached hydrogens (tertiary/aromatic N) is 1. The molecule has 1 N–H and O–H groups in total. The second-order valence-electron chi connectivity index (χ2n) is 4.65. The van der Waals surface area contributed by atoms with Crippen LogP contribution in [0.4, 0.5) is 4.79 Å². The van der Waals surface area contributed by atoms with E-state index in [-0.39, 0.29) is 19.1 Å². The molecule has 1 aromatic rings. The van der Waals surface area contributed by atoms with Crippen molar-refractivity contribution in [2.45, 2.75) is 20.3 Å². The minimum absolute atomic E-state index is 0.167. The number of carbonyl (C=O) groups excluding carboxylic acids is 2. The molecule has 0 aliphatic rings. The van der Waals surface area contributed by atoms with Gasteiger partial charge in [-0.25, -0.2) is 4.79 Å². The highest BCUT2D eigenvalue weighted by atomic mass is 16.5. The Morgan fingerprint density at radius 3 is 2.55 bits per heavy atom. The van der Waals surface area contributed by atoms with E-state index in [9.17, 15) is 9.59 Å². The minimum atomic E-state index is -0.698. The summed E-state index contributed by atoms with van der Waals surface area (Å²) in [5.74, 6) is 0.481. The van der Waals surface area contributed by atoms with Gasteiger partial charge in [0, 0.05) is 6.54 Å². The van der Waals surface area contributed by atoms with Crippen molar-refractivity contribution >= 4 is 12.0 Å². The number of alkyl carbamates (subject to hydrolysis) is 1.